The van der Waals surface area contributed by atoms with Crippen molar-refractivity contribution >= 4 is 34.5 Å². The molecule has 2 aliphatic heterocycles. The number of fused-ring (bicyclic) bond motifs is 2. The Morgan fingerprint density at radius 2 is 2.14 bits per heavy atom. The molecular weight excluding hydrogens is 298 g/mol. The van der Waals surface area contributed by atoms with Gasteiger partial charge in [0.05, 0.1) is 11.3 Å². The van der Waals surface area contributed by atoms with Crippen LogP contribution in [0.25, 0.3) is 0 Å². The van der Waals surface area contributed by atoms with Crippen molar-refractivity contribution in [2.24, 2.45) is 0 Å². The molecule has 6 heteroatoms. The molecule has 0 atom stereocenters. The first-order chi connectivity index (χ1) is 10.7. The van der Waals surface area contributed by atoms with Crippen LogP contribution >= 0.6 is 11.3 Å². The number of rotatable bonds is 2. The van der Waals surface area contributed by atoms with E-state index < -0.39 is 0 Å². The van der Waals surface area contributed by atoms with Crippen molar-refractivity contribution < 1.29 is 9.59 Å². The lowest BCUT2D eigenvalue weighted by Crippen LogP contribution is -2.21. The van der Waals surface area contributed by atoms with Gasteiger partial charge in [-0.25, -0.2) is 0 Å². The van der Waals surface area contributed by atoms with Gasteiger partial charge >= 0.3 is 0 Å². The van der Waals surface area contributed by atoms with Gasteiger partial charge in [-0.1, -0.05) is 6.07 Å². The maximum absolute atomic E-state index is 12.4. The highest BCUT2D eigenvalue weighted by atomic mass is 32.1. The average molecular weight is 313 g/mol. The minimum Gasteiger partial charge on any atom is -0.325 e. The number of carbonyl (C=O) groups excluding carboxylic acids is 2. The number of nitrogens with one attached hydrogen (secondary N) is 3. The van der Waals surface area contributed by atoms with Gasteiger partial charge in [0.15, 0.2) is 0 Å². The molecule has 3 N–H and O–H groups in total. The van der Waals surface area contributed by atoms with E-state index in [0.29, 0.717) is 12.1 Å². The largest absolute Gasteiger partial charge is 0.325 e. The fourth-order valence-electron chi connectivity index (χ4n) is 2.85. The van der Waals surface area contributed by atoms with E-state index in [9.17, 15) is 9.59 Å². The summed E-state index contributed by atoms with van der Waals surface area (Å²) < 4.78 is 0. The third-order valence-corrected chi connectivity index (χ3v) is 5.15. The fourth-order valence-corrected chi connectivity index (χ4v) is 3.93. The van der Waals surface area contributed by atoms with Gasteiger partial charge in [0.1, 0.15) is 0 Å². The molecular formula is C16H15N3O2S. The summed E-state index contributed by atoms with van der Waals surface area (Å²) in [5.74, 6) is -0.0967. The number of carbonyl (C=O) groups is 2. The van der Waals surface area contributed by atoms with E-state index in [-0.39, 0.29) is 11.8 Å². The predicted molar refractivity (Wildman–Crippen MR) is 86.5 cm³/mol. The van der Waals surface area contributed by atoms with Crippen LogP contribution in [-0.4, -0.2) is 18.4 Å². The van der Waals surface area contributed by atoms with Crippen molar-refractivity contribution in [2.45, 2.75) is 19.4 Å². The van der Waals surface area contributed by atoms with E-state index in [1.165, 1.54) is 10.4 Å². The highest BCUT2D eigenvalue weighted by Gasteiger charge is 2.20. The molecule has 3 heterocycles. The first kappa shape index (κ1) is 13.5. The Balaban J connectivity index is 1.54. The normalized spacial score (nSPS) is 15.9. The second kappa shape index (κ2) is 5.23. The highest BCUT2D eigenvalue weighted by Crippen LogP contribution is 2.28. The Kier molecular flexibility index (Phi) is 3.20. The quantitative estimate of drug-likeness (QED) is 0.795. The van der Waals surface area contributed by atoms with Crippen LogP contribution in [0.5, 0.6) is 0 Å². The number of benzene rings is 1. The zero-order valence-corrected chi connectivity index (χ0v) is 12.7. The molecule has 0 saturated heterocycles. The Morgan fingerprint density at radius 1 is 1.23 bits per heavy atom. The Bertz CT molecular complexity index is 758. The highest BCUT2D eigenvalue weighted by molar-refractivity contribution is 7.14. The zero-order chi connectivity index (χ0) is 15.1. The third-order valence-electron chi connectivity index (χ3n) is 3.97. The summed E-state index contributed by atoms with van der Waals surface area (Å²) in [6, 6.07) is 7.52. The molecule has 112 valence electrons. The molecule has 0 unspecified atom stereocenters. The Labute approximate surface area is 131 Å². The first-order valence-electron chi connectivity index (χ1n) is 7.25. The molecule has 5 nitrogen and oxygen atoms in total. The van der Waals surface area contributed by atoms with E-state index in [1.54, 1.807) is 11.3 Å². The van der Waals surface area contributed by atoms with Gasteiger partial charge in [-0.15, -0.1) is 11.3 Å². The van der Waals surface area contributed by atoms with Gasteiger partial charge in [0, 0.05) is 22.8 Å². The predicted octanol–water partition coefficient (Wildman–Crippen LogP) is 2.14. The second-order valence-electron chi connectivity index (χ2n) is 5.54. The zero-order valence-electron chi connectivity index (χ0n) is 11.9. The number of thiophene rings is 1. The van der Waals surface area contributed by atoms with Crippen LogP contribution in [0, 0.1) is 0 Å². The summed E-state index contributed by atoms with van der Waals surface area (Å²) in [4.78, 5) is 25.7. The van der Waals surface area contributed by atoms with Gasteiger partial charge in [0.2, 0.25) is 5.91 Å². The van der Waals surface area contributed by atoms with Gasteiger partial charge < -0.3 is 16.0 Å². The number of amides is 2. The monoisotopic (exact) mass is 313 g/mol. The van der Waals surface area contributed by atoms with Crippen molar-refractivity contribution in [3.8, 4) is 0 Å². The lowest BCUT2D eigenvalue weighted by Gasteiger charge is -2.10. The van der Waals surface area contributed by atoms with Crippen molar-refractivity contribution in [3.05, 3.63) is 45.1 Å². The van der Waals surface area contributed by atoms with Gasteiger partial charge in [-0.05, 0) is 42.3 Å². The third kappa shape index (κ3) is 2.40. The SMILES string of the molecule is O=C1Cc2ccc(NC(=O)c3cc4c(s3)CNCC4)cc2N1. The molecule has 0 aliphatic carbocycles. The molecule has 0 saturated carbocycles. The number of hydrogen-bond acceptors (Lipinski definition) is 4. The molecule has 2 amide bonds. The summed E-state index contributed by atoms with van der Waals surface area (Å²) in [5.41, 5.74) is 3.74. The van der Waals surface area contributed by atoms with E-state index in [2.05, 4.69) is 16.0 Å². The molecule has 0 fully saturated rings. The maximum atomic E-state index is 12.4. The summed E-state index contributed by atoms with van der Waals surface area (Å²) in [5, 5.41) is 9.02. The average Bonchev–Trinajstić information content (AvgIpc) is 3.08. The Morgan fingerprint density at radius 3 is 3.00 bits per heavy atom. The molecule has 1 aromatic carbocycles. The summed E-state index contributed by atoms with van der Waals surface area (Å²) in [6.07, 6.45) is 1.39. The maximum Gasteiger partial charge on any atom is 0.265 e. The minimum atomic E-state index is -0.0938. The van der Waals surface area contributed by atoms with Crippen LogP contribution in [0.3, 0.4) is 0 Å². The van der Waals surface area contributed by atoms with E-state index in [1.807, 2.05) is 24.3 Å². The molecule has 22 heavy (non-hydrogen) atoms. The van der Waals surface area contributed by atoms with Crippen LogP contribution < -0.4 is 16.0 Å². The lowest BCUT2D eigenvalue weighted by atomic mass is 10.1. The van der Waals surface area contributed by atoms with Gasteiger partial charge in [0.25, 0.3) is 5.91 Å². The topological polar surface area (TPSA) is 70.2 Å². The second-order valence-corrected chi connectivity index (χ2v) is 6.67. The molecule has 2 aliphatic rings. The van der Waals surface area contributed by atoms with Crippen LogP contribution in [0.15, 0.2) is 24.3 Å². The van der Waals surface area contributed by atoms with E-state index in [0.717, 1.165) is 35.6 Å². The van der Waals surface area contributed by atoms with Crippen molar-refractivity contribution in [2.75, 3.05) is 17.2 Å². The molecule has 0 bridgehead atoms. The van der Waals surface area contributed by atoms with Crippen molar-refractivity contribution in [3.63, 3.8) is 0 Å². The fraction of sp³-hybridized carbons (Fsp3) is 0.250. The summed E-state index contributed by atoms with van der Waals surface area (Å²) in [7, 11) is 0. The number of hydrogen-bond donors (Lipinski definition) is 3. The smallest absolute Gasteiger partial charge is 0.265 e. The van der Waals surface area contributed by atoms with Crippen molar-refractivity contribution in [1.29, 1.82) is 0 Å². The number of anilines is 2. The van der Waals surface area contributed by atoms with Crippen LogP contribution in [0.1, 0.15) is 25.7 Å². The summed E-state index contributed by atoms with van der Waals surface area (Å²) >= 11 is 1.54. The molecule has 1 aromatic heterocycles. The standard InChI is InChI=1S/C16H15N3O2S/c20-15-6-9-1-2-11(7-12(9)19-15)18-16(21)13-5-10-3-4-17-8-14(10)22-13/h1-2,5,7,17H,3-4,6,8H2,(H,18,21)(H,19,20). The molecule has 2 aromatic rings. The summed E-state index contributed by atoms with van der Waals surface area (Å²) in [6.45, 7) is 1.81. The first-order valence-corrected chi connectivity index (χ1v) is 8.07. The van der Waals surface area contributed by atoms with Gasteiger partial charge in [-0.2, -0.15) is 0 Å². The van der Waals surface area contributed by atoms with Crippen LogP contribution in [-0.2, 0) is 24.2 Å². The van der Waals surface area contributed by atoms with E-state index >= 15 is 0 Å². The van der Waals surface area contributed by atoms with Crippen LogP contribution in [0.2, 0.25) is 0 Å². The van der Waals surface area contributed by atoms with E-state index in [4.69, 9.17) is 0 Å². The van der Waals surface area contributed by atoms with Crippen LogP contribution in [0.4, 0.5) is 11.4 Å². The molecule has 0 spiro atoms. The molecule has 4 rings (SSSR count). The minimum absolute atomic E-state index is 0.00286. The van der Waals surface area contributed by atoms with Crippen molar-refractivity contribution in [1.82, 2.24) is 5.32 Å². The lowest BCUT2D eigenvalue weighted by molar-refractivity contribution is -0.115. The molecule has 0 radical (unpaired) electrons. The van der Waals surface area contributed by atoms with Gasteiger partial charge in [-0.3, -0.25) is 9.59 Å². The Hall–Kier alpha value is -2.18.